The van der Waals surface area contributed by atoms with Crippen molar-refractivity contribution in [3.05, 3.63) is 28.8 Å². The number of rotatable bonds is 2. The topological polar surface area (TPSA) is 29.4 Å². The molecular formula is C9H8ClNO. The van der Waals surface area contributed by atoms with E-state index in [0.29, 0.717) is 10.7 Å². The molecule has 0 amide bonds. The Bertz CT molecular complexity index is 329. The number of carbonyl (C=O) groups excluding carboxylic acids is 1. The molecule has 0 atom stereocenters. The molecular weight excluding hydrogens is 174 g/mol. The second-order valence-electron chi connectivity index (χ2n) is 2.29. The zero-order chi connectivity index (χ0) is 8.97. The van der Waals surface area contributed by atoms with Crippen LogP contribution in [0.25, 0.3) is 0 Å². The van der Waals surface area contributed by atoms with Crippen molar-refractivity contribution in [3.8, 4) is 0 Å². The van der Waals surface area contributed by atoms with Crippen molar-refractivity contribution in [2.45, 2.75) is 13.3 Å². The predicted molar refractivity (Wildman–Crippen MR) is 48.6 cm³/mol. The van der Waals surface area contributed by atoms with E-state index in [1.165, 1.54) is 6.08 Å². The van der Waals surface area contributed by atoms with Gasteiger partial charge in [0, 0.05) is 5.02 Å². The van der Waals surface area contributed by atoms with Crippen molar-refractivity contribution in [2.24, 2.45) is 4.99 Å². The number of benzene rings is 1. The fourth-order valence-corrected chi connectivity index (χ4v) is 1.35. The lowest BCUT2D eigenvalue weighted by Crippen LogP contribution is -1.82. The molecule has 3 heteroatoms. The first-order valence-corrected chi connectivity index (χ1v) is 4.02. The average molecular weight is 182 g/mol. The minimum absolute atomic E-state index is 0.611. The van der Waals surface area contributed by atoms with Crippen molar-refractivity contribution < 1.29 is 4.79 Å². The Kier molecular flexibility index (Phi) is 3.03. The van der Waals surface area contributed by atoms with Gasteiger partial charge in [0.25, 0.3) is 0 Å². The number of halogens is 1. The van der Waals surface area contributed by atoms with Gasteiger partial charge >= 0.3 is 0 Å². The Labute approximate surface area is 75.9 Å². The largest absolute Gasteiger partial charge is 0.240 e. The van der Waals surface area contributed by atoms with Crippen LogP contribution >= 0.6 is 11.6 Å². The summed E-state index contributed by atoms with van der Waals surface area (Å²) in [4.78, 5) is 13.6. The second-order valence-corrected chi connectivity index (χ2v) is 2.70. The van der Waals surface area contributed by atoms with Gasteiger partial charge < -0.3 is 0 Å². The highest BCUT2D eigenvalue weighted by molar-refractivity contribution is 6.31. The summed E-state index contributed by atoms with van der Waals surface area (Å²) in [5.41, 5.74) is 1.50. The molecule has 0 radical (unpaired) electrons. The van der Waals surface area contributed by atoms with Crippen LogP contribution in [-0.4, -0.2) is 6.08 Å². The van der Waals surface area contributed by atoms with E-state index in [0.717, 1.165) is 12.0 Å². The molecule has 0 saturated heterocycles. The number of hydrogen-bond donors (Lipinski definition) is 0. The molecule has 12 heavy (non-hydrogen) atoms. The zero-order valence-corrected chi connectivity index (χ0v) is 7.43. The first kappa shape index (κ1) is 8.98. The Morgan fingerprint density at radius 2 is 2.33 bits per heavy atom. The molecule has 0 saturated carbocycles. The SMILES string of the molecule is CCc1c(Cl)cccc1N=C=O. The van der Waals surface area contributed by atoms with E-state index < -0.39 is 0 Å². The Morgan fingerprint density at radius 1 is 1.58 bits per heavy atom. The van der Waals surface area contributed by atoms with Gasteiger partial charge in [0.15, 0.2) is 0 Å². The molecule has 0 heterocycles. The van der Waals surface area contributed by atoms with Crippen LogP contribution in [0.2, 0.25) is 5.02 Å². The summed E-state index contributed by atoms with van der Waals surface area (Å²) in [7, 11) is 0. The Balaban J connectivity index is 3.26. The minimum Gasteiger partial charge on any atom is -0.211 e. The van der Waals surface area contributed by atoms with E-state index in [9.17, 15) is 4.79 Å². The molecule has 1 aromatic rings. The zero-order valence-electron chi connectivity index (χ0n) is 6.67. The monoisotopic (exact) mass is 181 g/mol. The maximum absolute atomic E-state index is 10.0. The molecule has 1 aromatic carbocycles. The first-order chi connectivity index (χ1) is 5.79. The molecule has 0 aliphatic heterocycles. The van der Waals surface area contributed by atoms with Crippen molar-refractivity contribution in [1.29, 1.82) is 0 Å². The van der Waals surface area contributed by atoms with Crippen LogP contribution in [0.3, 0.4) is 0 Å². The van der Waals surface area contributed by atoms with Crippen LogP contribution in [0, 0.1) is 0 Å². The molecule has 0 N–H and O–H groups in total. The fraction of sp³-hybridized carbons (Fsp3) is 0.222. The molecule has 2 nitrogen and oxygen atoms in total. The van der Waals surface area contributed by atoms with E-state index in [1.807, 2.05) is 6.92 Å². The Morgan fingerprint density at radius 3 is 2.92 bits per heavy atom. The number of isocyanates is 1. The third kappa shape index (κ3) is 1.73. The molecule has 0 unspecified atom stereocenters. The van der Waals surface area contributed by atoms with E-state index >= 15 is 0 Å². The lowest BCUT2D eigenvalue weighted by atomic mass is 10.1. The van der Waals surface area contributed by atoms with Gasteiger partial charge in [0.05, 0.1) is 5.69 Å². The highest BCUT2D eigenvalue weighted by Gasteiger charge is 2.02. The molecule has 0 aromatic heterocycles. The lowest BCUT2D eigenvalue weighted by Gasteiger charge is -2.02. The summed E-state index contributed by atoms with van der Waals surface area (Å²) < 4.78 is 0. The molecule has 1 rings (SSSR count). The summed E-state index contributed by atoms with van der Waals surface area (Å²) in [5.74, 6) is 0. The quantitative estimate of drug-likeness (QED) is 0.510. The third-order valence-corrected chi connectivity index (χ3v) is 1.97. The highest BCUT2D eigenvalue weighted by atomic mass is 35.5. The van der Waals surface area contributed by atoms with Crippen LogP contribution in [0.15, 0.2) is 23.2 Å². The number of aliphatic imine (C=N–C) groups is 1. The van der Waals surface area contributed by atoms with Crippen LogP contribution in [-0.2, 0) is 11.2 Å². The summed E-state index contributed by atoms with van der Waals surface area (Å²) in [6.07, 6.45) is 2.27. The Hall–Kier alpha value is -1.11. The van der Waals surface area contributed by atoms with Crippen LogP contribution in [0.1, 0.15) is 12.5 Å². The van der Waals surface area contributed by atoms with Gasteiger partial charge in [0.1, 0.15) is 0 Å². The second kappa shape index (κ2) is 4.05. The van der Waals surface area contributed by atoms with Gasteiger partial charge in [-0.05, 0) is 24.1 Å². The van der Waals surface area contributed by atoms with E-state index in [1.54, 1.807) is 18.2 Å². The van der Waals surface area contributed by atoms with E-state index in [2.05, 4.69) is 4.99 Å². The maximum atomic E-state index is 10.0. The average Bonchev–Trinajstić information content (AvgIpc) is 2.05. The van der Waals surface area contributed by atoms with Crippen molar-refractivity contribution >= 4 is 23.4 Å². The predicted octanol–water partition coefficient (Wildman–Crippen LogP) is 2.87. The van der Waals surface area contributed by atoms with Crippen LogP contribution in [0.4, 0.5) is 5.69 Å². The molecule has 0 fully saturated rings. The summed E-state index contributed by atoms with van der Waals surface area (Å²) >= 11 is 5.88. The van der Waals surface area contributed by atoms with Crippen LogP contribution in [0.5, 0.6) is 0 Å². The third-order valence-electron chi connectivity index (χ3n) is 1.61. The van der Waals surface area contributed by atoms with Gasteiger partial charge in [-0.1, -0.05) is 24.6 Å². The van der Waals surface area contributed by atoms with E-state index in [-0.39, 0.29) is 0 Å². The summed E-state index contributed by atoms with van der Waals surface area (Å²) in [5, 5.41) is 0.647. The lowest BCUT2D eigenvalue weighted by molar-refractivity contribution is 0.565. The van der Waals surface area contributed by atoms with Crippen LogP contribution < -0.4 is 0 Å². The van der Waals surface area contributed by atoms with Gasteiger partial charge in [-0.3, -0.25) is 0 Å². The maximum Gasteiger partial charge on any atom is 0.240 e. The molecule has 0 spiro atoms. The molecule has 0 bridgehead atoms. The van der Waals surface area contributed by atoms with E-state index in [4.69, 9.17) is 11.6 Å². The molecule has 0 aliphatic carbocycles. The standard InChI is InChI=1S/C9H8ClNO/c1-2-7-8(10)4-3-5-9(7)11-6-12/h3-5H,2H2,1H3. The summed E-state index contributed by atoms with van der Waals surface area (Å²) in [6, 6.07) is 5.29. The van der Waals surface area contributed by atoms with Crippen molar-refractivity contribution in [1.82, 2.24) is 0 Å². The number of hydrogen-bond acceptors (Lipinski definition) is 2. The van der Waals surface area contributed by atoms with Gasteiger partial charge in [0.2, 0.25) is 6.08 Å². The van der Waals surface area contributed by atoms with Crippen molar-refractivity contribution in [3.63, 3.8) is 0 Å². The van der Waals surface area contributed by atoms with Gasteiger partial charge in [-0.25, -0.2) is 4.79 Å². The summed E-state index contributed by atoms with van der Waals surface area (Å²) in [6.45, 7) is 1.96. The molecule has 62 valence electrons. The number of nitrogens with zero attached hydrogens (tertiary/aromatic N) is 1. The highest BCUT2D eigenvalue weighted by Crippen LogP contribution is 2.26. The normalized spacial score (nSPS) is 9.17. The van der Waals surface area contributed by atoms with Gasteiger partial charge in [-0.2, -0.15) is 4.99 Å². The fourth-order valence-electron chi connectivity index (χ4n) is 1.05. The van der Waals surface area contributed by atoms with Gasteiger partial charge in [-0.15, -0.1) is 0 Å². The molecule has 0 aliphatic rings. The van der Waals surface area contributed by atoms with Crippen molar-refractivity contribution in [2.75, 3.05) is 0 Å². The first-order valence-electron chi connectivity index (χ1n) is 3.64. The smallest absolute Gasteiger partial charge is 0.211 e. The minimum atomic E-state index is 0.611.